The molecular formula is C6H9BrO. The van der Waals surface area contributed by atoms with Crippen molar-refractivity contribution in [2.24, 2.45) is 5.41 Å². The topological polar surface area (TPSA) is 17.1 Å². The highest BCUT2D eigenvalue weighted by atomic mass is 79.9. The molecule has 0 unspecified atom stereocenters. The van der Waals surface area contributed by atoms with Gasteiger partial charge in [0.1, 0.15) is 5.94 Å². The van der Waals surface area contributed by atoms with E-state index < -0.39 is 0 Å². The van der Waals surface area contributed by atoms with Gasteiger partial charge in [0.05, 0.1) is 4.48 Å². The molecule has 0 amide bonds. The first-order chi connectivity index (χ1) is 3.48. The maximum absolute atomic E-state index is 9.94. The largest absolute Gasteiger partial charge is 0.233 e. The Balaban J connectivity index is 4.26. The molecule has 0 aliphatic rings. The van der Waals surface area contributed by atoms with E-state index >= 15 is 0 Å². The molecule has 0 N–H and O–H groups in total. The maximum atomic E-state index is 9.94. The zero-order valence-electron chi connectivity index (χ0n) is 5.29. The van der Waals surface area contributed by atoms with Crippen molar-refractivity contribution >= 4 is 21.9 Å². The molecule has 0 aliphatic carbocycles. The minimum Gasteiger partial charge on any atom is -0.233 e. The summed E-state index contributed by atoms with van der Waals surface area (Å²) < 4.78 is 0.588. The van der Waals surface area contributed by atoms with Crippen LogP contribution in [-0.2, 0) is 4.79 Å². The Morgan fingerprint density at radius 3 is 1.88 bits per heavy atom. The van der Waals surface area contributed by atoms with Crippen LogP contribution < -0.4 is 0 Å². The molecule has 2 heteroatoms. The molecule has 0 radical (unpaired) electrons. The quantitative estimate of drug-likeness (QED) is 0.518. The smallest absolute Gasteiger partial charge is 0.136 e. The molecule has 0 aromatic heterocycles. The Morgan fingerprint density at radius 2 is 1.88 bits per heavy atom. The zero-order chi connectivity index (χ0) is 6.78. The van der Waals surface area contributed by atoms with Gasteiger partial charge in [-0.2, -0.15) is 0 Å². The highest BCUT2D eigenvalue weighted by molar-refractivity contribution is 9.12. The molecule has 0 aromatic carbocycles. The van der Waals surface area contributed by atoms with Crippen molar-refractivity contribution in [1.82, 2.24) is 0 Å². The summed E-state index contributed by atoms with van der Waals surface area (Å²) in [6.07, 6.45) is 0. The summed E-state index contributed by atoms with van der Waals surface area (Å²) in [5, 5.41) is 0. The van der Waals surface area contributed by atoms with E-state index in [9.17, 15) is 4.79 Å². The number of halogens is 1. The van der Waals surface area contributed by atoms with Gasteiger partial charge in [0, 0.05) is 5.41 Å². The lowest BCUT2D eigenvalue weighted by Gasteiger charge is -2.12. The van der Waals surface area contributed by atoms with E-state index in [0.29, 0.717) is 4.48 Å². The third-order valence-corrected chi connectivity index (χ3v) is 2.10. The predicted molar refractivity (Wildman–Crippen MR) is 37.6 cm³/mol. The summed E-state index contributed by atoms with van der Waals surface area (Å²) >= 11 is 3.09. The normalized spacial score (nSPS) is 10.5. The molecule has 0 bridgehead atoms. The third-order valence-electron chi connectivity index (χ3n) is 0.748. The van der Waals surface area contributed by atoms with Crippen LogP contribution in [0.25, 0.3) is 0 Å². The van der Waals surface area contributed by atoms with Gasteiger partial charge < -0.3 is 0 Å². The van der Waals surface area contributed by atoms with Gasteiger partial charge in [-0.05, 0) is 15.9 Å². The SMILES string of the molecule is CC(C)(C)C(Br)=C=O. The molecule has 0 spiro atoms. The third kappa shape index (κ3) is 2.29. The monoisotopic (exact) mass is 176 g/mol. The fourth-order valence-corrected chi connectivity index (χ4v) is 0.153. The van der Waals surface area contributed by atoms with Crippen molar-refractivity contribution in [3.8, 4) is 0 Å². The molecule has 0 fully saturated rings. The summed E-state index contributed by atoms with van der Waals surface area (Å²) in [6.45, 7) is 5.84. The van der Waals surface area contributed by atoms with E-state index in [0.717, 1.165) is 0 Å². The maximum Gasteiger partial charge on any atom is 0.136 e. The van der Waals surface area contributed by atoms with Crippen LogP contribution in [0.4, 0.5) is 0 Å². The molecule has 46 valence electrons. The minimum atomic E-state index is -0.0816. The van der Waals surface area contributed by atoms with E-state index in [4.69, 9.17) is 0 Å². The Kier molecular flexibility index (Phi) is 2.45. The van der Waals surface area contributed by atoms with Crippen LogP contribution in [0, 0.1) is 5.41 Å². The first kappa shape index (κ1) is 7.93. The van der Waals surface area contributed by atoms with Gasteiger partial charge in [-0.3, -0.25) is 0 Å². The Labute approximate surface area is 57.9 Å². The fraction of sp³-hybridized carbons (Fsp3) is 0.667. The van der Waals surface area contributed by atoms with Crippen LogP contribution in [0.15, 0.2) is 4.48 Å². The molecule has 8 heavy (non-hydrogen) atoms. The second-order valence-corrected chi connectivity index (χ2v) is 3.46. The van der Waals surface area contributed by atoms with Gasteiger partial charge in [0.25, 0.3) is 0 Å². The molecular weight excluding hydrogens is 168 g/mol. The van der Waals surface area contributed by atoms with Crippen LogP contribution in [0.3, 0.4) is 0 Å². The summed E-state index contributed by atoms with van der Waals surface area (Å²) in [6, 6.07) is 0. The standard InChI is InChI=1S/C6H9BrO/c1-6(2,3)5(7)4-8/h1-3H3. The molecule has 0 saturated heterocycles. The molecule has 0 aromatic rings. The van der Waals surface area contributed by atoms with Crippen molar-refractivity contribution in [2.45, 2.75) is 20.8 Å². The fourth-order valence-electron chi connectivity index (χ4n) is 0.153. The molecule has 0 atom stereocenters. The average Bonchev–Trinajstić information content (AvgIpc) is 1.62. The van der Waals surface area contributed by atoms with Crippen molar-refractivity contribution in [3.63, 3.8) is 0 Å². The molecule has 1 nitrogen and oxygen atoms in total. The van der Waals surface area contributed by atoms with Crippen molar-refractivity contribution in [1.29, 1.82) is 0 Å². The van der Waals surface area contributed by atoms with Crippen molar-refractivity contribution in [3.05, 3.63) is 4.48 Å². The Morgan fingerprint density at radius 1 is 1.50 bits per heavy atom. The second kappa shape index (κ2) is 2.47. The lowest BCUT2D eigenvalue weighted by Crippen LogP contribution is -2.04. The van der Waals surface area contributed by atoms with Crippen molar-refractivity contribution < 1.29 is 4.79 Å². The molecule has 0 aliphatic heterocycles. The summed E-state index contributed by atoms with van der Waals surface area (Å²) in [7, 11) is 0. The average molecular weight is 177 g/mol. The lowest BCUT2D eigenvalue weighted by molar-refractivity contribution is 0.524. The highest BCUT2D eigenvalue weighted by Crippen LogP contribution is 2.26. The van der Waals surface area contributed by atoms with Crippen LogP contribution in [0.2, 0.25) is 0 Å². The predicted octanol–water partition coefficient (Wildman–Crippen LogP) is 2.14. The molecule has 0 heterocycles. The first-order valence-electron chi connectivity index (χ1n) is 2.39. The van der Waals surface area contributed by atoms with Crippen LogP contribution in [-0.4, -0.2) is 5.94 Å². The number of hydrogen-bond donors (Lipinski definition) is 0. The van der Waals surface area contributed by atoms with E-state index in [2.05, 4.69) is 15.9 Å². The number of rotatable bonds is 0. The van der Waals surface area contributed by atoms with Gasteiger partial charge >= 0.3 is 0 Å². The zero-order valence-corrected chi connectivity index (χ0v) is 6.87. The van der Waals surface area contributed by atoms with Crippen molar-refractivity contribution in [2.75, 3.05) is 0 Å². The van der Waals surface area contributed by atoms with Crippen LogP contribution in [0.5, 0.6) is 0 Å². The van der Waals surface area contributed by atoms with Crippen LogP contribution >= 0.6 is 15.9 Å². The van der Waals surface area contributed by atoms with Gasteiger partial charge in [-0.15, -0.1) is 0 Å². The summed E-state index contributed by atoms with van der Waals surface area (Å²) in [5.41, 5.74) is -0.0816. The minimum absolute atomic E-state index is 0.0816. The highest BCUT2D eigenvalue weighted by Gasteiger charge is 2.14. The lowest BCUT2D eigenvalue weighted by atomic mass is 9.97. The number of hydrogen-bond acceptors (Lipinski definition) is 1. The Bertz CT molecular complexity index is 126. The second-order valence-electron chi connectivity index (χ2n) is 2.67. The van der Waals surface area contributed by atoms with Crippen LogP contribution in [0.1, 0.15) is 20.8 Å². The summed E-state index contributed by atoms with van der Waals surface area (Å²) in [5.74, 6) is 1.79. The number of allylic oxidation sites excluding steroid dienone is 1. The summed E-state index contributed by atoms with van der Waals surface area (Å²) in [4.78, 5) is 9.94. The van der Waals surface area contributed by atoms with E-state index in [1.807, 2.05) is 20.8 Å². The van der Waals surface area contributed by atoms with Gasteiger partial charge in [0.15, 0.2) is 0 Å². The van der Waals surface area contributed by atoms with E-state index in [1.54, 1.807) is 5.94 Å². The van der Waals surface area contributed by atoms with E-state index in [-0.39, 0.29) is 5.41 Å². The van der Waals surface area contributed by atoms with Gasteiger partial charge in [-0.25, -0.2) is 4.79 Å². The van der Waals surface area contributed by atoms with Gasteiger partial charge in [0.2, 0.25) is 0 Å². The number of carbonyl (C=O) groups excluding carboxylic acids is 1. The Hall–Kier alpha value is -0.0700. The molecule has 0 rings (SSSR count). The van der Waals surface area contributed by atoms with Gasteiger partial charge in [-0.1, -0.05) is 20.8 Å². The molecule has 0 saturated carbocycles. The van der Waals surface area contributed by atoms with E-state index in [1.165, 1.54) is 0 Å². The first-order valence-corrected chi connectivity index (χ1v) is 3.19.